The molecule has 0 fully saturated rings. The molecule has 0 aliphatic heterocycles. The van der Waals surface area contributed by atoms with E-state index >= 15 is 0 Å². The smallest absolute Gasteiger partial charge is 0.346 e. The molecule has 0 amide bonds. The second kappa shape index (κ2) is 12.6. The number of carbonyl (C=O) groups is 1. The Balaban J connectivity index is 1.12. The number of rotatable bonds is 8. The molecule has 1 N–H and O–H groups in total. The van der Waals surface area contributed by atoms with Gasteiger partial charge in [0, 0.05) is 62.2 Å². The van der Waals surface area contributed by atoms with Gasteiger partial charge in [-0.05, 0) is 101 Å². The predicted octanol–water partition coefficient (Wildman–Crippen LogP) is 13.5. The molecular weight excluding hydrogens is 697 g/mol. The van der Waals surface area contributed by atoms with Crippen molar-refractivity contribution in [1.82, 2.24) is 0 Å². The lowest BCUT2D eigenvalue weighted by atomic mass is 9.75. The molecule has 0 radical (unpaired) electrons. The van der Waals surface area contributed by atoms with E-state index in [1.807, 2.05) is 28.7 Å². The third-order valence-electron chi connectivity index (χ3n) is 10.6. The van der Waals surface area contributed by atoms with Crippen LogP contribution in [0.2, 0.25) is 0 Å². The Bertz CT molecular complexity index is 2770. The van der Waals surface area contributed by atoms with E-state index in [4.69, 9.17) is 0 Å². The highest BCUT2D eigenvalue weighted by Crippen LogP contribution is 2.60. The summed E-state index contributed by atoms with van der Waals surface area (Å²) in [5.41, 5.74) is 6.82. The number of fused-ring (bicyclic) bond motifs is 7. The van der Waals surface area contributed by atoms with Crippen molar-refractivity contribution in [2.45, 2.75) is 32.1 Å². The summed E-state index contributed by atoms with van der Waals surface area (Å²) in [5.74, 6) is -1.20. The number of para-hydroxylation sites is 1. The van der Waals surface area contributed by atoms with Gasteiger partial charge < -0.3 is 10.0 Å². The highest BCUT2D eigenvalue weighted by Gasteiger charge is 2.43. The summed E-state index contributed by atoms with van der Waals surface area (Å²) in [4.78, 5) is 18.4. The second-order valence-electron chi connectivity index (χ2n) is 13.2. The number of nitriles is 1. The molecule has 3 heterocycles. The Morgan fingerprint density at radius 2 is 1.37 bits per heavy atom. The fraction of sp³-hybridized carbons (Fsp3) is 0.111. The number of carboxylic acids is 1. The zero-order chi connectivity index (χ0) is 35.6. The minimum Gasteiger partial charge on any atom is -0.477 e. The highest BCUT2D eigenvalue weighted by atomic mass is 32.1. The third kappa shape index (κ3) is 5.09. The van der Waals surface area contributed by atoms with Crippen molar-refractivity contribution in [3.05, 3.63) is 143 Å². The van der Waals surface area contributed by atoms with Crippen molar-refractivity contribution in [3.8, 4) is 26.3 Å². The molecule has 3 aromatic heterocycles. The zero-order valence-electron chi connectivity index (χ0n) is 28.5. The average molecular weight is 729 g/mol. The van der Waals surface area contributed by atoms with Gasteiger partial charge in [0.2, 0.25) is 0 Å². The van der Waals surface area contributed by atoms with Crippen molar-refractivity contribution in [2.24, 2.45) is 0 Å². The Morgan fingerprint density at radius 3 is 2.12 bits per heavy atom. The Labute approximate surface area is 313 Å². The van der Waals surface area contributed by atoms with E-state index in [0.29, 0.717) is 0 Å². The molecular formula is C45H32N2O2S3. The van der Waals surface area contributed by atoms with Gasteiger partial charge in [-0.1, -0.05) is 80.6 Å². The van der Waals surface area contributed by atoms with Crippen LogP contribution in [0.4, 0.5) is 17.1 Å². The number of hydrogen-bond acceptors (Lipinski definition) is 6. The number of nitrogens with zero attached hydrogens (tertiary/aromatic N) is 2. The van der Waals surface area contributed by atoms with E-state index in [2.05, 4.69) is 140 Å². The van der Waals surface area contributed by atoms with E-state index in [0.717, 1.165) is 34.8 Å². The molecule has 0 atom stereocenters. The van der Waals surface area contributed by atoms with Crippen LogP contribution in [0.5, 0.6) is 0 Å². The van der Waals surface area contributed by atoms with Crippen LogP contribution in [-0.2, 0) is 10.2 Å². The van der Waals surface area contributed by atoms with Crippen LogP contribution in [0.15, 0.2) is 127 Å². The first-order valence-electron chi connectivity index (χ1n) is 17.4. The van der Waals surface area contributed by atoms with Gasteiger partial charge in [0.05, 0.1) is 0 Å². The summed E-state index contributed by atoms with van der Waals surface area (Å²) in [5, 5.41) is 23.8. The van der Waals surface area contributed by atoms with Gasteiger partial charge in [-0.15, -0.1) is 34.0 Å². The minimum atomic E-state index is -1.20. The van der Waals surface area contributed by atoms with Crippen LogP contribution in [0.1, 0.15) is 42.7 Å². The topological polar surface area (TPSA) is 64.3 Å². The normalized spacial score (nSPS) is 13.4. The highest BCUT2D eigenvalue weighted by molar-refractivity contribution is 7.26. The quantitative estimate of drug-likeness (QED) is 0.125. The maximum Gasteiger partial charge on any atom is 0.346 e. The molecule has 5 aromatic carbocycles. The molecule has 0 bridgehead atoms. The predicted molar refractivity (Wildman–Crippen MR) is 221 cm³/mol. The first kappa shape index (κ1) is 32.4. The largest absolute Gasteiger partial charge is 0.477 e. The molecule has 252 valence electrons. The molecule has 8 aromatic rings. The molecule has 1 aliphatic carbocycles. The fourth-order valence-corrected chi connectivity index (χ4v) is 11.7. The maximum absolute atomic E-state index is 11.6. The van der Waals surface area contributed by atoms with Gasteiger partial charge in [-0.3, -0.25) is 0 Å². The first-order chi connectivity index (χ1) is 25.4. The molecule has 52 heavy (non-hydrogen) atoms. The van der Waals surface area contributed by atoms with Crippen LogP contribution in [-0.4, -0.2) is 11.1 Å². The number of thiophene rings is 3. The van der Waals surface area contributed by atoms with Crippen LogP contribution < -0.4 is 4.90 Å². The molecule has 0 unspecified atom stereocenters. The van der Waals surface area contributed by atoms with Gasteiger partial charge in [-0.25, -0.2) is 4.79 Å². The number of hydrogen-bond donors (Lipinski definition) is 1. The van der Waals surface area contributed by atoms with Crippen LogP contribution in [0.3, 0.4) is 0 Å². The van der Waals surface area contributed by atoms with Gasteiger partial charge in [0.1, 0.15) is 11.6 Å². The van der Waals surface area contributed by atoms with Crippen LogP contribution in [0, 0.1) is 11.3 Å². The van der Waals surface area contributed by atoms with Gasteiger partial charge >= 0.3 is 5.97 Å². The summed E-state index contributed by atoms with van der Waals surface area (Å²) in [6, 6.07) is 45.8. The van der Waals surface area contributed by atoms with Crippen LogP contribution >= 0.6 is 34.0 Å². The number of aliphatic carboxylic acids is 1. The van der Waals surface area contributed by atoms with Crippen molar-refractivity contribution in [2.75, 3.05) is 4.90 Å². The third-order valence-corrected chi connectivity index (χ3v) is 14.1. The molecule has 0 spiro atoms. The fourth-order valence-electron chi connectivity index (χ4n) is 7.90. The number of carboxylic acid groups (broad SMARTS) is 1. The van der Waals surface area contributed by atoms with E-state index < -0.39 is 5.97 Å². The monoisotopic (exact) mass is 728 g/mol. The summed E-state index contributed by atoms with van der Waals surface area (Å²) in [6.45, 7) is 4.47. The molecule has 9 rings (SSSR count). The lowest BCUT2D eigenvalue weighted by Gasteiger charge is -2.28. The summed E-state index contributed by atoms with van der Waals surface area (Å²) >= 11 is 5.25. The van der Waals surface area contributed by atoms with Crippen molar-refractivity contribution in [3.63, 3.8) is 0 Å². The van der Waals surface area contributed by atoms with Crippen molar-refractivity contribution in [1.29, 1.82) is 5.26 Å². The Hall–Kier alpha value is -5.52. The zero-order valence-corrected chi connectivity index (χ0v) is 31.0. The second-order valence-corrected chi connectivity index (χ2v) is 16.4. The lowest BCUT2D eigenvalue weighted by molar-refractivity contribution is -0.132. The molecule has 0 saturated carbocycles. The first-order valence-corrected chi connectivity index (χ1v) is 19.8. The van der Waals surface area contributed by atoms with E-state index in [-0.39, 0.29) is 11.0 Å². The van der Waals surface area contributed by atoms with Crippen LogP contribution in [0.25, 0.3) is 57.2 Å². The molecule has 0 saturated heterocycles. The molecule has 7 heteroatoms. The van der Waals surface area contributed by atoms with Gasteiger partial charge in [-0.2, -0.15) is 5.26 Å². The Kier molecular flexibility index (Phi) is 7.85. The molecule has 4 nitrogen and oxygen atoms in total. The summed E-state index contributed by atoms with van der Waals surface area (Å²) in [6.07, 6.45) is 3.40. The Morgan fingerprint density at radius 1 is 0.712 bits per heavy atom. The number of benzene rings is 5. The average Bonchev–Trinajstić information content (AvgIpc) is 3.94. The van der Waals surface area contributed by atoms with Gasteiger partial charge in [0.25, 0.3) is 0 Å². The van der Waals surface area contributed by atoms with E-state index in [1.165, 1.54) is 68.3 Å². The maximum atomic E-state index is 11.6. The summed E-state index contributed by atoms with van der Waals surface area (Å²) in [7, 11) is 0. The molecule has 1 aliphatic rings. The SMILES string of the molecule is CCC1(CC)c2cc(C=C(C#N)C(=O)O)sc2-c2sc(-c3ccc4c(c3)sc3cc(N(c5ccccc5)c5ccc6ccccc6c5)ccc34)cc21. The number of anilines is 3. The van der Waals surface area contributed by atoms with E-state index in [1.54, 1.807) is 11.3 Å². The summed E-state index contributed by atoms with van der Waals surface area (Å²) < 4.78 is 2.51. The standard InChI is InChI=1S/C45H32N2O2S3/c1-3-45(4-2)37-24-34(21-30(26-46)44(48)49)50-42(37)43-38(45)25-39(52-43)29-15-18-35-36-19-17-33(23-41(36)51-40(35)22-29)47(31-12-6-5-7-13-31)32-16-14-27-10-8-9-11-28(27)20-32/h5-25H,3-4H2,1-2H3,(H,48,49). The lowest BCUT2D eigenvalue weighted by Crippen LogP contribution is -2.22. The van der Waals surface area contributed by atoms with Crippen molar-refractivity contribution >= 4 is 94.1 Å². The van der Waals surface area contributed by atoms with E-state index in [9.17, 15) is 15.2 Å². The minimum absolute atomic E-state index is 0.133. The van der Waals surface area contributed by atoms with Crippen molar-refractivity contribution < 1.29 is 9.90 Å². The van der Waals surface area contributed by atoms with Gasteiger partial charge in [0.15, 0.2) is 0 Å².